The van der Waals surface area contributed by atoms with Gasteiger partial charge in [-0.05, 0) is 26.0 Å². The molecule has 0 spiro atoms. The molecule has 4 nitrogen and oxygen atoms in total. The van der Waals surface area contributed by atoms with Gasteiger partial charge in [-0.2, -0.15) is 4.74 Å². The van der Waals surface area contributed by atoms with Gasteiger partial charge in [-0.3, -0.25) is 0 Å². The summed E-state index contributed by atoms with van der Waals surface area (Å²) in [4.78, 5) is 0. The van der Waals surface area contributed by atoms with Crippen molar-refractivity contribution in [1.82, 2.24) is 5.06 Å². The summed E-state index contributed by atoms with van der Waals surface area (Å²) >= 11 is 0. The molecule has 0 saturated carbocycles. The molecule has 80 valence electrons. The van der Waals surface area contributed by atoms with Crippen molar-refractivity contribution in [1.29, 1.82) is 0 Å². The molecule has 0 amide bonds. The largest absolute Gasteiger partial charge is 0.622 e. The van der Waals surface area contributed by atoms with E-state index in [0.717, 1.165) is 15.4 Å². The minimum atomic E-state index is -0.636. The van der Waals surface area contributed by atoms with Gasteiger partial charge in [-0.25, -0.2) is 0 Å². The Hall–Kier alpha value is -1.39. The first-order chi connectivity index (χ1) is 7.03. The van der Waals surface area contributed by atoms with Crippen molar-refractivity contribution in [3.05, 3.63) is 41.1 Å². The van der Waals surface area contributed by atoms with Gasteiger partial charge in [0, 0.05) is 5.56 Å². The van der Waals surface area contributed by atoms with Gasteiger partial charge in [-0.15, -0.1) is 5.06 Å². The molecular weight excluding hydrogens is 192 g/mol. The second-order valence-corrected chi connectivity index (χ2v) is 4.19. The maximum absolute atomic E-state index is 11.7. The van der Waals surface area contributed by atoms with Crippen molar-refractivity contribution in [3.8, 4) is 0 Å². The number of benzene rings is 1. The fraction of sp³-hybridized carbons (Fsp3) is 0.364. The van der Waals surface area contributed by atoms with Gasteiger partial charge in [0.05, 0.1) is 0 Å². The second-order valence-electron chi connectivity index (χ2n) is 4.19. The van der Waals surface area contributed by atoms with Crippen LogP contribution in [0.4, 0.5) is 0 Å². The van der Waals surface area contributed by atoms with Gasteiger partial charge < -0.3 is 10.4 Å². The molecule has 0 fully saturated rings. The molecule has 0 atom stereocenters. The zero-order chi connectivity index (χ0) is 11.1. The summed E-state index contributed by atoms with van der Waals surface area (Å²) in [6.45, 7) is 3.65. The molecule has 0 radical (unpaired) electrons. The number of hydrogen-bond donors (Lipinski definition) is 1. The van der Waals surface area contributed by atoms with Crippen LogP contribution in [0.2, 0.25) is 0 Å². The number of hydroxylamine groups is 3. The molecule has 15 heavy (non-hydrogen) atoms. The predicted molar refractivity (Wildman–Crippen MR) is 56.7 cm³/mol. The molecule has 1 aromatic carbocycles. The van der Waals surface area contributed by atoms with Crippen LogP contribution in [-0.4, -0.2) is 32.9 Å². The minimum Gasteiger partial charge on any atom is -0.622 e. The number of rotatable bonds is 1. The zero-order valence-corrected chi connectivity index (χ0v) is 8.84. The SMILES string of the molecule is CC1(C)C(c2ccccc2)=[N+]([O-])CN1O. The summed E-state index contributed by atoms with van der Waals surface area (Å²) in [7, 11) is 0. The Labute approximate surface area is 88.6 Å². The van der Waals surface area contributed by atoms with E-state index in [1.54, 1.807) is 0 Å². The van der Waals surface area contributed by atoms with Gasteiger partial charge in [0.2, 0.25) is 12.4 Å². The van der Waals surface area contributed by atoms with Crippen LogP contribution in [-0.2, 0) is 0 Å². The molecule has 0 saturated heterocycles. The summed E-state index contributed by atoms with van der Waals surface area (Å²) in [6, 6.07) is 9.42. The van der Waals surface area contributed by atoms with E-state index >= 15 is 0 Å². The van der Waals surface area contributed by atoms with Crippen molar-refractivity contribution >= 4 is 5.71 Å². The average molecular weight is 206 g/mol. The van der Waals surface area contributed by atoms with Gasteiger partial charge in [-0.1, -0.05) is 18.2 Å². The number of hydrogen-bond acceptors (Lipinski definition) is 3. The Morgan fingerprint density at radius 3 is 2.40 bits per heavy atom. The van der Waals surface area contributed by atoms with E-state index in [9.17, 15) is 10.4 Å². The van der Waals surface area contributed by atoms with E-state index < -0.39 is 5.54 Å². The lowest BCUT2D eigenvalue weighted by atomic mass is 9.93. The van der Waals surface area contributed by atoms with Crippen molar-refractivity contribution < 1.29 is 9.95 Å². The maximum Gasteiger partial charge on any atom is 0.232 e. The monoisotopic (exact) mass is 206 g/mol. The first-order valence-corrected chi connectivity index (χ1v) is 4.87. The Morgan fingerprint density at radius 2 is 1.93 bits per heavy atom. The summed E-state index contributed by atoms with van der Waals surface area (Å²) < 4.78 is 0.829. The van der Waals surface area contributed by atoms with Crippen molar-refractivity contribution in [2.24, 2.45) is 0 Å². The molecule has 4 heteroatoms. The second kappa shape index (κ2) is 3.32. The zero-order valence-electron chi connectivity index (χ0n) is 8.84. The molecule has 2 rings (SSSR count). The fourth-order valence-corrected chi connectivity index (χ4v) is 1.89. The third kappa shape index (κ3) is 1.52. The van der Waals surface area contributed by atoms with Crippen LogP contribution in [0.3, 0.4) is 0 Å². The van der Waals surface area contributed by atoms with Crippen LogP contribution >= 0.6 is 0 Å². The highest BCUT2D eigenvalue weighted by Gasteiger charge is 2.45. The Morgan fingerprint density at radius 1 is 1.33 bits per heavy atom. The van der Waals surface area contributed by atoms with E-state index in [4.69, 9.17) is 0 Å². The smallest absolute Gasteiger partial charge is 0.232 e. The normalized spacial score (nSPS) is 21.0. The van der Waals surface area contributed by atoms with E-state index in [0.29, 0.717) is 5.71 Å². The molecule has 0 unspecified atom stereocenters. The molecule has 1 aliphatic heterocycles. The van der Waals surface area contributed by atoms with Crippen molar-refractivity contribution in [2.75, 3.05) is 6.67 Å². The topological polar surface area (TPSA) is 49.5 Å². The average Bonchev–Trinajstić information content (AvgIpc) is 2.37. The van der Waals surface area contributed by atoms with Crippen LogP contribution in [0.5, 0.6) is 0 Å². The molecule has 0 aliphatic carbocycles. The number of nitrogens with zero attached hydrogens (tertiary/aromatic N) is 2. The summed E-state index contributed by atoms with van der Waals surface area (Å²) in [5.41, 5.74) is 0.822. The van der Waals surface area contributed by atoms with Gasteiger partial charge in [0.25, 0.3) is 0 Å². The predicted octanol–water partition coefficient (Wildman–Crippen LogP) is 1.43. The lowest BCUT2D eigenvalue weighted by Gasteiger charge is -2.21. The summed E-state index contributed by atoms with van der Waals surface area (Å²) in [5, 5.41) is 22.4. The van der Waals surface area contributed by atoms with Crippen LogP contribution < -0.4 is 0 Å². The fourth-order valence-electron chi connectivity index (χ4n) is 1.89. The van der Waals surface area contributed by atoms with Gasteiger partial charge >= 0.3 is 0 Å². The Kier molecular flexibility index (Phi) is 2.25. The van der Waals surface area contributed by atoms with E-state index in [2.05, 4.69) is 0 Å². The lowest BCUT2D eigenvalue weighted by Crippen LogP contribution is -2.43. The highest BCUT2D eigenvalue weighted by atomic mass is 16.5. The quantitative estimate of drug-likeness (QED) is 0.558. The summed E-state index contributed by atoms with van der Waals surface area (Å²) in [5.74, 6) is 0. The first kappa shape index (κ1) is 10.1. The third-order valence-electron chi connectivity index (χ3n) is 2.78. The van der Waals surface area contributed by atoms with Crippen LogP contribution in [0.25, 0.3) is 0 Å². The molecule has 1 heterocycles. The molecule has 0 bridgehead atoms. The minimum absolute atomic E-state index is 0.00275. The Bertz CT molecular complexity index is 398. The van der Waals surface area contributed by atoms with Gasteiger partial charge in [0.15, 0.2) is 0 Å². The van der Waals surface area contributed by atoms with Crippen LogP contribution in [0.15, 0.2) is 30.3 Å². The molecule has 1 aliphatic rings. The molecule has 1 N–H and O–H groups in total. The van der Waals surface area contributed by atoms with E-state index in [1.807, 2.05) is 44.2 Å². The molecular formula is C11H14N2O2. The highest BCUT2D eigenvalue weighted by molar-refractivity contribution is 6.03. The maximum atomic E-state index is 11.7. The van der Waals surface area contributed by atoms with Crippen molar-refractivity contribution in [3.63, 3.8) is 0 Å². The molecule has 0 aromatic heterocycles. The standard InChI is InChI=1S/C11H14N2O2/c1-11(2)10(12(14)8-13(11)15)9-6-4-3-5-7-9/h3-7,15H,8H2,1-2H3. The molecule has 1 aromatic rings. The highest BCUT2D eigenvalue weighted by Crippen LogP contribution is 2.24. The van der Waals surface area contributed by atoms with Crippen LogP contribution in [0.1, 0.15) is 19.4 Å². The van der Waals surface area contributed by atoms with E-state index in [-0.39, 0.29) is 6.67 Å². The first-order valence-electron chi connectivity index (χ1n) is 4.87. The Balaban J connectivity index is 2.49. The van der Waals surface area contributed by atoms with Crippen molar-refractivity contribution in [2.45, 2.75) is 19.4 Å². The summed E-state index contributed by atoms with van der Waals surface area (Å²) in [6.07, 6.45) is 0. The lowest BCUT2D eigenvalue weighted by molar-refractivity contribution is -0.487. The van der Waals surface area contributed by atoms with Gasteiger partial charge in [0.1, 0.15) is 5.54 Å². The third-order valence-corrected chi connectivity index (χ3v) is 2.78. The van der Waals surface area contributed by atoms with Crippen LogP contribution in [0, 0.1) is 5.21 Å². The van der Waals surface area contributed by atoms with E-state index in [1.165, 1.54) is 0 Å².